The van der Waals surface area contributed by atoms with Crippen LogP contribution in [-0.4, -0.2) is 48.7 Å². The van der Waals surface area contributed by atoms with Crippen molar-refractivity contribution in [3.05, 3.63) is 24.3 Å². The largest absolute Gasteiger partial charge is 0.383 e. The SMILES string of the molecule is C=CC[C@]12CCC=C(C(=O)CC)[C@H]1C(C(=O)N1CCC[C@H]1COC)C(=O)CC2. The smallest absolute Gasteiger partial charge is 0.234 e. The number of likely N-dealkylation sites (tertiary alicyclic amines) is 1. The second-order valence-electron chi connectivity index (χ2n) is 8.53. The number of carbonyl (C=O) groups is 3. The van der Waals surface area contributed by atoms with Crippen LogP contribution < -0.4 is 0 Å². The number of fused-ring (bicyclic) bond motifs is 1. The van der Waals surface area contributed by atoms with E-state index in [4.69, 9.17) is 4.74 Å². The fourth-order valence-electron chi connectivity index (χ4n) is 5.72. The van der Waals surface area contributed by atoms with Gasteiger partial charge >= 0.3 is 0 Å². The van der Waals surface area contributed by atoms with E-state index in [1.807, 2.05) is 24.0 Å². The van der Waals surface area contributed by atoms with Crippen LogP contribution in [0.15, 0.2) is 24.3 Å². The molecular formula is C23H33NO4. The van der Waals surface area contributed by atoms with Crippen LogP contribution >= 0.6 is 0 Å². The second kappa shape index (κ2) is 8.73. The number of hydrogen-bond acceptors (Lipinski definition) is 4. The van der Waals surface area contributed by atoms with Gasteiger partial charge < -0.3 is 9.64 Å². The first-order valence-corrected chi connectivity index (χ1v) is 10.7. The average molecular weight is 388 g/mol. The molecule has 1 unspecified atom stereocenters. The van der Waals surface area contributed by atoms with Crippen molar-refractivity contribution in [3.63, 3.8) is 0 Å². The molecule has 1 saturated heterocycles. The van der Waals surface area contributed by atoms with E-state index in [1.165, 1.54) is 0 Å². The fourth-order valence-corrected chi connectivity index (χ4v) is 5.72. The monoisotopic (exact) mass is 387 g/mol. The Morgan fingerprint density at radius 1 is 1.39 bits per heavy atom. The van der Waals surface area contributed by atoms with Crippen LogP contribution in [0.25, 0.3) is 0 Å². The highest BCUT2D eigenvalue weighted by Crippen LogP contribution is 2.55. The molecule has 0 aromatic rings. The molecule has 5 nitrogen and oxygen atoms in total. The van der Waals surface area contributed by atoms with E-state index in [0.717, 1.165) is 38.5 Å². The molecule has 154 valence electrons. The van der Waals surface area contributed by atoms with Crippen molar-refractivity contribution in [1.29, 1.82) is 0 Å². The first kappa shape index (κ1) is 21.0. The molecule has 1 amide bonds. The van der Waals surface area contributed by atoms with E-state index in [-0.39, 0.29) is 34.8 Å². The van der Waals surface area contributed by atoms with Crippen molar-refractivity contribution in [2.24, 2.45) is 17.3 Å². The molecule has 2 fully saturated rings. The molecule has 28 heavy (non-hydrogen) atoms. The average Bonchev–Trinajstić information content (AvgIpc) is 3.15. The summed E-state index contributed by atoms with van der Waals surface area (Å²) in [4.78, 5) is 41.3. The van der Waals surface area contributed by atoms with Crippen LogP contribution in [0.3, 0.4) is 0 Å². The van der Waals surface area contributed by atoms with Crippen LogP contribution in [0.5, 0.6) is 0 Å². The minimum Gasteiger partial charge on any atom is -0.383 e. The minimum atomic E-state index is -0.742. The number of methoxy groups -OCH3 is 1. The molecule has 5 heteroatoms. The molecule has 1 aliphatic heterocycles. The van der Waals surface area contributed by atoms with E-state index in [2.05, 4.69) is 6.58 Å². The summed E-state index contributed by atoms with van der Waals surface area (Å²) in [7, 11) is 1.64. The molecule has 0 radical (unpaired) electrons. The number of carbonyl (C=O) groups excluding carboxylic acids is 3. The highest BCUT2D eigenvalue weighted by Gasteiger charge is 2.55. The Morgan fingerprint density at radius 2 is 2.18 bits per heavy atom. The quantitative estimate of drug-likeness (QED) is 0.496. The van der Waals surface area contributed by atoms with Crippen molar-refractivity contribution in [3.8, 4) is 0 Å². The van der Waals surface area contributed by atoms with Gasteiger partial charge in [0.05, 0.1) is 12.6 Å². The molecule has 0 aromatic heterocycles. The maximum Gasteiger partial charge on any atom is 0.234 e. The Kier molecular flexibility index (Phi) is 6.54. The van der Waals surface area contributed by atoms with Gasteiger partial charge in [-0.3, -0.25) is 14.4 Å². The lowest BCUT2D eigenvalue weighted by molar-refractivity contribution is -0.150. The van der Waals surface area contributed by atoms with Crippen molar-refractivity contribution in [2.45, 2.75) is 64.3 Å². The number of allylic oxidation sites excluding steroid dienone is 3. The standard InChI is InChI=1S/C23H33NO4/c1-4-11-23-12-6-9-17(18(25)5-2)21(23)20(19(26)10-13-23)22(27)24-14-7-8-16(24)15-28-3/h4,9,16,20-21H,1,5-8,10-15H2,2-3H3/t16-,20?,21-,23+/m0/s1. The van der Waals surface area contributed by atoms with Crippen molar-refractivity contribution in [2.75, 3.05) is 20.3 Å². The molecule has 3 aliphatic rings. The first-order valence-electron chi connectivity index (χ1n) is 10.7. The Morgan fingerprint density at radius 3 is 2.86 bits per heavy atom. The van der Waals surface area contributed by atoms with Gasteiger partial charge in [-0.05, 0) is 49.5 Å². The predicted molar refractivity (Wildman–Crippen MR) is 108 cm³/mol. The molecule has 3 rings (SSSR count). The van der Waals surface area contributed by atoms with Gasteiger partial charge in [0.2, 0.25) is 5.91 Å². The highest BCUT2D eigenvalue weighted by molar-refractivity contribution is 6.06. The van der Waals surface area contributed by atoms with Crippen LogP contribution in [0.1, 0.15) is 58.3 Å². The molecule has 0 spiro atoms. The van der Waals surface area contributed by atoms with E-state index < -0.39 is 5.92 Å². The molecule has 4 atom stereocenters. The third-order valence-corrected chi connectivity index (χ3v) is 7.03. The third kappa shape index (κ3) is 3.61. The van der Waals surface area contributed by atoms with Crippen LogP contribution in [-0.2, 0) is 19.1 Å². The molecule has 0 N–H and O–H groups in total. The summed E-state index contributed by atoms with van der Waals surface area (Å²) >= 11 is 0. The van der Waals surface area contributed by atoms with Crippen molar-refractivity contribution >= 4 is 17.5 Å². The van der Waals surface area contributed by atoms with Crippen LogP contribution in [0.4, 0.5) is 0 Å². The normalized spacial score (nSPS) is 32.6. The number of ketones is 2. The zero-order valence-electron chi connectivity index (χ0n) is 17.2. The zero-order chi connectivity index (χ0) is 20.3. The van der Waals surface area contributed by atoms with Crippen LogP contribution in [0, 0.1) is 17.3 Å². The van der Waals surface area contributed by atoms with E-state index >= 15 is 0 Å². The number of amides is 1. The van der Waals surface area contributed by atoms with E-state index in [9.17, 15) is 14.4 Å². The number of rotatable bonds is 7. The van der Waals surface area contributed by atoms with Gasteiger partial charge in [-0.1, -0.05) is 19.1 Å². The summed E-state index contributed by atoms with van der Waals surface area (Å²) in [5.74, 6) is -1.09. The molecular weight excluding hydrogens is 354 g/mol. The summed E-state index contributed by atoms with van der Waals surface area (Å²) in [6.45, 7) is 6.94. The van der Waals surface area contributed by atoms with Gasteiger partial charge in [-0.2, -0.15) is 0 Å². The number of Topliss-reactive ketones (excluding diaryl/α,β-unsaturated/α-hetero) is 2. The Hall–Kier alpha value is -1.75. The van der Waals surface area contributed by atoms with Crippen molar-refractivity contribution < 1.29 is 19.1 Å². The lowest BCUT2D eigenvalue weighted by Gasteiger charge is -2.50. The summed E-state index contributed by atoms with van der Waals surface area (Å²) in [6, 6.07) is 0.0268. The van der Waals surface area contributed by atoms with Gasteiger partial charge in [0.25, 0.3) is 0 Å². The maximum atomic E-state index is 13.6. The highest BCUT2D eigenvalue weighted by atomic mass is 16.5. The number of hydrogen-bond donors (Lipinski definition) is 0. The lowest BCUT2D eigenvalue weighted by atomic mass is 9.53. The molecule has 2 aliphatic carbocycles. The zero-order valence-corrected chi connectivity index (χ0v) is 17.2. The summed E-state index contributed by atoms with van der Waals surface area (Å²) in [5, 5.41) is 0. The topological polar surface area (TPSA) is 63.7 Å². The van der Waals surface area contributed by atoms with Crippen LogP contribution in [0.2, 0.25) is 0 Å². The second-order valence-corrected chi connectivity index (χ2v) is 8.53. The molecule has 1 saturated carbocycles. The molecule has 0 bridgehead atoms. The molecule has 0 aromatic carbocycles. The summed E-state index contributed by atoms with van der Waals surface area (Å²) in [5.41, 5.74) is 0.506. The fraction of sp³-hybridized carbons (Fsp3) is 0.696. The Bertz CT molecular complexity index is 682. The first-order chi connectivity index (χ1) is 13.5. The summed E-state index contributed by atoms with van der Waals surface area (Å²) < 4.78 is 5.30. The van der Waals surface area contributed by atoms with Gasteiger partial charge in [-0.15, -0.1) is 6.58 Å². The van der Waals surface area contributed by atoms with Gasteiger partial charge in [-0.25, -0.2) is 0 Å². The molecule has 1 heterocycles. The number of ether oxygens (including phenoxy) is 1. The Balaban J connectivity index is 2.01. The minimum absolute atomic E-state index is 0.00513. The lowest BCUT2D eigenvalue weighted by Crippen LogP contribution is -2.54. The van der Waals surface area contributed by atoms with E-state index in [0.29, 0.717) is 31.6 Å². The van der Waals surface area contributed by atoms with E-state index in [1.54, 1.807) is 7.11 Å². The maximum absolute atomic E-state index is 13.6. The third-order valence-electron chi connectivity index (χ3n) is 7.03. The number of nitrogens with zero attached hydrogens (tertiary/aromatic N) is 1. The van der Waals surface area contributed by atoms with Gasteiger partial charge in [0, 0.05) is 32.4 Å². The van der Waals surface area contributed by atoms with Gasteiger partial charge in [0.1, 0.15) is 11.7 Å². The predicted octanol–water partition coefficient (Wildman–Crippen LogP) is 3.48. The Labute approximate surface area is 168 Å². The van der Waals surface area contributed by atoms with Crippen molar-refractivity contribution in [1.82, 2.24) is 4.90 Å². The van der Waals surface area contributed by atoms with Gasteiger partial charge in [0.15, 0.2) is 5.78 Å². The summed E-state index contributed by atoms with van der Waals surface area (Å²) in [6.07, 6.45) is 9.75.